The van der Waals surface area contributed by atoms with Gasteiger partial charge in [0.25, 0.3) is 11.6 Å². The summed E-state index contributed by atoms with van der Waals surface area (Å²) in [5, 5.41) is 11.5. The Morgan fingerprint density at radius 2 is 1.79 bits per heavy atom. The molecule has 1 atom stereocenters. The molecule has 1 N–H and O–H groups in total. The first-order valence-corrected chi connectivity index (χ1v) is 8.76. The van der Waals surface area contributed by atoms with E-state index in [0.29, 0.717) is 25.5 Å². The fourth-order valence-electron chi connectivity index (χ4n) is 3.73. The van der Waals surface area contributed by atoms with Crippen molar-refractivity contribution in [2.24, 2.45) is 0 Å². The van der Waals surface area contributed by atoms with Gasteiger partial charge in [0.15, 0.2) is 6.54 Å². The fraction of sp³-hybridized carbons (Fsp3) is 0.350. The van der Waals surface area contributed by atoms with Crippen molar-refractivity contribution in [1.82, 2.24) is 0 Å². The van der Waals surface area contributed by atoms with E-state index in [1.54, 1.807) is 19.2 Å². The van der Waals surface area contributed by atoms with Crippen molar-refractivity contribution in [3.8, 4) is 11.5 Å². The molecule has 2 aromatic rings. The molecule has 6 nitrogen and oxygen atoms in total. The van der Waals surface area contributed by atoms with Gasteiger partial charge >= 0.3 is 0 Å². The second-order valence-electron chi connectivity index (χ2n) is 6.57. The Labute approximate surface area is 173 Å². The number of nitrogens with zero attached hydrogens (tertiary/aromatic N) is 2. The standard InChI is InChI=1S/C20H22FN2O4.BrH/c1-25-15-5-3-14(4-6-15)22-13-20(24,23-9-10-27-12-19(22)23)17-8-7-16(26-2)11-18(17)21;/h3-8,11,24H,9-10,12-13H2,1-2H3;1H/q+1;/p-1. The third-order valence-electron chi connectivity index (χ3n) is 5.13. The molecule has 0 aliphatic carbocycles. The molecular formula is C20H22BrFN2O4. The van der Waals surface area contributed by atoms with Gasteiger partial charge in [-0.15, -0.1) is 0 Å². The van der Waals surface area contributed by atoms with Crippen LogP contribution in [0.25, 0.3) is 0 Å². The molecule has 1 unspecified atom stereocenters. The summed E-state index contributed by atoms with van der Waals surface area (Å²) in [5.74, 6) is 1.47. The minimum atomic E-state index is -1.49. The number of β-amino-alcohol motifs (C(OH)–C–C–N with tert-alkyl or cyclic N) is 1. The first-order valence-electron chi connectivity index (χ1n) is 8.76. The second-order valence-corrected chi connectivity index (χ2v) is 6.57. The topological polar surface area (TPSA) is 54.2 Å². The van der Waals surface area contributed by atoms with Gasteiger partial charge in [-0.2, -0.15) is 0 Å². The molecule has 2 aromatic carbocycles. The number of halogens is 2. The van der Waals surface area contributed by atoms with Gasteiger partial charge in [-0.05, 0) is 36.4 Å². The number of benzene rings is 2. The molecule has 0 amide bonds. The summed E-state index contributed by atoms with van der Waals surface area (Å²) in [4.78, 5) is 1.96. The van der Waals surface area contributed by atoms with Crippen LogP contribution in [0.5, 0.6) is 11.5 Å². The number of hydrogen-bond donors (Lipinski definition) is 1. The Kier molecular flexibility index (Phi) is 5.92. The van der Waals surface area contributed by atoms with E-state index in [0.717, 1.165) is 17.3 Å². The predicted molar refractivity (Wildman–Crippen MR) is 98.1 cm³/mol. The average molecular weight is 453 g/mol. The van der Waals surface area contributed by atoms with Crippen molar-refractivity contribution < 1.29 is 45.3 Å². The molecule has 2 aliphatic rings. The van der Waals surface area contributed by atoms with Crippen LogP contribution in [0.4, 0.5) is 10.1 Å². The maximum absolute atomic E-state index is 14.8. The highest BCUT2D eigenvalue weighted by molar-refractivity contribution is 5.97. The summed E-state index contributed by atoms with van der Waals surface area (Å²) >= 11 is 0. The molecule has 28 heavy (non-hydrogen) atoms. The lowest BCUT2D eigenvalue weighted by molar-refractivity contribution is -0.664. The number of ether oxygens (including phenoxy) is 3. The summed E-state index contributed by atoms with van der Waals surface area (Å²) in [6.45, 7) is 1.50. The molecule has 2 aliphatic heterocycles. The monoisotopic (exact) mass is 452 g/mol. The maximum Gasteiger partial charge on any atom is 0.281 e. The van der Waals surface area contributed by atoms with Crippen molar-refractivity contribution in [2.75, 3.05) is 45.4 Å². The van der Waals surface area contributed by atoms with E-state index in [-0.39, 0.29) is 29.1 Å². The second kappa shape index (κ2) is 8.06. The van der Waals surface area contributed by atoms with Crippen LogP contribution < -0.4 is 31.4 Å². The molecule has 8 heteroatoms. The SMILES string of the molecule is COc1ccc(N2CC(O)(c3ccc(OC)cc3F)[N+]3=C2COCC3)cc1.[Br-]. The van der Waals surface area contributed by atoms with Gasteiger partial charge < -0.3 is 36.3 Å². The van der Waals surface area contributed by atoms with Crippen molar-refractivity contribution in [2.45, 2.75) is 5.72 Å². The zero-order valence-electron chi connectivity index (χ0n) is 15.7. The third-order valence-corrected chi connectivity index (χ3v) is 5.13. The van der Waals surface area contributed by atoms with Gasteiger partial charge in [0.1, 0.15) is 36.2 Å². The van der Waals surface area contributed by atoms with E-state index < -0.39 is 11.5 Å². The number of hydrogen-bond acceptors (Lipinski definition) is 5. The summed E-state index contributed by atoms with van der Waals surface area (Å²) in [6, 6.07) is 12.1. The van der Waals surface area contributed by atoms with E-state index >= 15 is 0 Å². The van der Waals surface area contributed by atoms with Crippen LogP contribution in [-0.2, 0) is 10.5 Å². The Morgan fingerprint density at radius 3 is 2.43 bits per heavy atom. The van der Waals surface area contributed by atoms with Crippen LogP contribution in [0.1, 0.15) is 5.56 Å². The number of methoxy groups -OCH3 is 2. The Hall–Kier alpha value is -2.16. The summed E-state index contributed by atoms with van der Waals surface area (Å²) in [5.41, 5.74) is -0.389. The molecule has 0 radical (unpaired) electrons. The van der Waals surface area contributed by atoms with Gasteiger partial charge in [0.05, 0.1) is 26.4 Å². The van der Waals surface area contributed by atoms with Gasteiger partial charge in [-0.25, -0.2) is 13.9 Å². The van der Waals surface area contributed by atoms with Crippen LogP contribution in [0.2, 0.25) is 0 Å². The lowest BCUT2D eigenvalue weighted by Gasteiger charge is -2.25. The van der Waals surface area contributed by atoms with E-state index in [9.17, 15) is 9.50 Å². The highest BCUT2D eigenvalue weighted by atomic mass is 79.9. The van der Waals surface area contributed by atoms with Gasteiger partial charge in [0, 0.05) is 6.07 Å². The average Bonchev–Trinajstić information content (AvgIpc) is 3.02. The van der Waals surface area contributed by atoms with Crippen molar-refractivity contribution >= 4 is 11.5 Å². The molecule has 0 saturated heterocycles. The van der Waals surface area contributed by atoms with Gasteiger partial charge in [-0.1, -0.05) is 0 Å². The van der Waals surface area contributed by atoms with Crippen LogP contribution in [-0.4, -0.2) is 56.0 Å². The van der Waals surface area contributed by atoms with E-state index in [1.165, 1.54) is 13.2 Å². The third kappa shape index (κ3) is 3.36. The fourth-order valence-corrected chi connectivity index (χ4v) is 3.73. The Morgan fingerprint density at radius 1 is 1.11 bits per heavy atom. The Balaban J connectivity index is 0.00000225. The van der Waals surface area contributed by atoms with Gasteiger partial charge in [0.2, 0.25) is 0 Å². The highest BCUT2D eigenvalue weighted by Gasteiger charge is 2.54. The zero-order chi connectivity index (χ0) is 19.0. The quantitative estimate of drug-likeness (QED) is 0.600. The molecule has 4 rings (SSSR count). The molecule has 0 fully saturated rings. The van der Waals surface area contributed by atoms with Crippen LogP contribution in [0.3, 0.4) is 0 Å². The first-order chi connectivity index (χ1) is 13.1. The minimum absolute atomic E-state index is 0. The van der Waals surface area contributed by atoms with Crippen LogP contribution in [0.15, 0.2) is 42.5 Å². The molecule has 0 spiro atoms. The summed E-state index contributed by atoms with van der Waals surface area (Å²) < 4.78 is 32.5. The molecule has 150 valence electrons. The number of aliphatic hydroxyl groups is 1. The van der Waals surface area contributed by atoms with E-state index in [4.69, 9.17) is 14.2 Å². The smallest absolute Gasteiger partial charge is 0.281 e. The van der Waals surface area contributed by atoms with Crippen molar-refractivity contribution in [1.29, 1.82) is 0 Å². The van der Waals surface area contributed by atoms with Crippen LogP contribution >= 0.6 is 0 Å². The van der Waals surface area contributed by atoms with Crippen molar-refractivity contribution in [3.63, 3.8) is 0 Å². The largest absolute Gasteiger partial charge is 1.00 e. The molecular weight excluding hydrogens is 431 g/mol. The summed E-state index contributed by atoms with van der Waals surface area (Å²) in [7, 11) is 3.10. The molecule has 0 aromatic heterocycles. The summed E-state index contributed by atoms with van der Waals surface area (Å²) in [6.07, 6.45) is 0. The molecule has 2 heterocycles. The lowest BCUT2D eigenvalue weighted by atomic mass is 10.0. The number of amidine groups is 1. The lowest BCUT2D eigenvalue weighted by Crippen LogP contribution is -3.00. The van der Waals surface area contributed by atoms with Gasteiger partial charge in [-0.3, -0.25) is 0 Å². The normalized spacial score (nSPS) is 21.2. The van der Waals surface area contributed by atoms with Crippen molar-refractivity contribution in [3.05, 3.63) is 53.8 Å². The first kappa shape index (κ1) is 20.6. The van der Waals surface area contributed by atoms with E-state index in [2.05, 4.69) is 0 Å². The zero-order valence-corrected chi connectivity index (χ0v) is 17.3. The van der Waals surface area contributed by atoms with E-state index in [1.807, 2.05) is 33.7 Å². The number of rotatable bonds is 4. The maximum atomic E-state index is 14.8. The van der Waals surface area contributed by atoms with Crippen LogP contribution in [0, 0.1) is 5.82 Å². The molecule has 0 saturated carbocycles. The number of anilines is 1. The highest BCUT2D eigenvalue weighted by Crippen LogP contribution is 2.36. The molecule has 0 bridgehead atoms. The Bertz CT molecular complexity index is 890. The minimum Gasteiger partial charge on any atom is -1.00 e. The predicted octanol–water partition coefficient (Wildman–Crippen LogP) is -1.05.